The van der Waals surface area contributed by atoms with Gasteiger partial charge in [0.2, 0.25) is 0 Å². The number of hydrogen-bond donors (Lipinski definition) is 2. The first-order chi connectivity index (χ1) is 9.75. The van der Waals surface area contributed by atoms with Gasteiger partial charge in [0, 0.05) is 34.2 Å². The summed E-state index contributed by atoms with van der Waals surface area (Å²) in [5.41, 5.74) is 3.78. The van der Waals surface area contributed by atoms with Crippen LogP contribution in [0.25, 0.3) is 10.9 Å². The van der Waals surface area contributed by atoms with Crippen molar-refractivity contribution in [3.8, 4) is 0 Å². The highest BCUT2D eigenvalue weighted by molar-refractivity contribution is 9.10. The SMILES string of the molecule is C[C@H](NCc1c[nH]c2ccccc12)c1ccccc1Br. The third-order valence-electron chi connectivity index (χ3n) is 3.65. The zero-order valence-electron chi connectivity index (χ0n) is 11.4. The number of aromatic nitrogens is 1. The van der Waals surface area contributed by atoms with E-state index >= 15 is 0 Å². The van der Waals surface area contributed by atoms with Gasteiger partial charge in [-0.1, -0.05) is 52.3 Å². The lowest BCUT2D eigenvalue weighted by Gasteiger charge is -2.15. The molecular weight excluding hydrogens is 312 g/mol. The average Bonchev–Trinajstić information content (AvgIpc) is 2.88. The lowest BCUT2D eigenvalue weighted by molar-refractivity contribution is 0.574. The van der Waals surface area contributed by atoms with E-state index in [0.717, 1.165) is 11.0 Å². The van der Waals surface area contributed by atoms with Gasteiger partial charge in [0.1, 0.15) is 0 Å². The molecule has 1 heterocycles. The summed E-state index contributed by atoms with van der Waals surface area (Å²) in [7, 11) is 0. The van der Waals surface area contributed by atoms with E-state index in [0.29, 0.717) is 6.04 Å². The second kappa shape index (κ2) is 5.81. The van der Waals surface area contributed by atoms with E-state index in [4.69, 9.17) is 0 Å². The number of para-hydroxylation sites is 1. The first kappa shape index (κ1) is 13.4. The maximum absolute atomic E-state index is 3.61. The number of H-pyrrole nitrogens is 1. The molecule has 2 aromatic carbocycles. The minimum Gasteiger partial charge on any atom is -0.361 e. The van der Waals surface area contributed by atoms with Crippen molar-refractivity contribution in [2.45, 2.75) is 19.5 Å². The fraction of sp³-hybridized carbons (Fsp3) is 0.176. The van der Waals surface area contributed by atoms with Crippen molar-refractivity contribution in [2.75, 3.05) is 0 Å². The summed E-state index contributed by atoms with van der Waals surface area (Å²) in [6, 6.07) is 17.1. The predicted molar refractivity (Wildman–Crippen MR) is 87.7 cm³/mol. The molecule has 0 aliphatic carbocycles. The minimum atomic E-state index is 0.305. The van der Waals surface area contributed by atoms with Crippen LogP contribution in [0.4, 0.5) is 0 Å². The molecule has 0 saturated heterocycles. The van der Waals surface area contributed by atoms with Crippen LogP contribution in [0, 0.1) is 0 Å². The largest absolute Gasteiger partial charge is 0.361 e. The maximum Gasteiger partial charge on any atom is 0.0457 e. The van der Waals surface area contributed by atoms with Gasteiger partial charge in [-0.3, -0.25) is 0 Å². The van der Waals surface area contributed by atoms with Gasteiger partial charge in [0.15, 0.2) is 0 Å². The molecule has 0 spiro atoms. The second-order valence-electron chi connectivity index (χ2n) is 4.98. The molecule has 0 aliphatic rings. The Hall–Kier alpha value is -1.58. The number of halogens is 1. The molecule has 3 rings (SSSR count). The van der Waals surface area contributed by atoms with E-state index in [1.54, 1.807) is 0 Å². The summed E-state index contributed by atoms with van der Waals surface area (Å²) < 4.78 is 1.15. The van der Waals surface area contributed by atoms with Crippen LogP contribution in [0.3, 0.4) is 0 Å². The summed E-state index contributed by atoms with van der Waals surface area (Å²) in [5, 5.41) is 4.88. The molecule has 3 aromatic rings. The molecule has 0 unspecified atom stereocenters. The summed E-state index contributed by atoms with van der Waals surface area (Å²) in [6.07, 6.45) is 2.09. The first-order valence-electron chi connectivity index (χ1n) is 6.78. The van der Waals surface area contributed by atoms with Gasteiger partial charge in [-0.05, 0) is 30.2 Å². The van der Waals surface area contributed by atoms with E-state index in [-0.39, 0.29) is 0 Å². The van der Waals surface area contributed by atoms with Gasteiger partial charge < -0.3 is 10.3 Å². The Morgan fingerprint density at radius 3 is 2.70 bits per heavy atom. The molecule has 1 atom stereocenters. The summed E-state index contributed by atoms with van der Waals surface area (Å²) in [6.45, 7) is 3.04. The van der Waals surface area contributed by atoms with Crippen LogP contribution >= 0.6 is 15.9 Å². The van der Waals surface area contributed by atoms with Gasteiger partial charge >= 0.3 is 0 Å². The maximum atomic E-state index is 3.61. The number of hydrogen-bond acceptors (Lipinski definition) is 1. The zero-order valence-corrected chi connectivity index (χ0v) is 12.9. The van der Waals surface area contributed by atoms with Gasteiger partial charge in [0.25, 0.3) is 0 Å². The highest BCUT2D eigenvalue weighted by Crippen LogP contribution is 2.24. The lowest BCUT2D eigenvalue weighted by atomic mass is 10.1. The molecular formula is C17H17BrN2. The molecule has 102 valence electrons. The van der Waals surface area contributed by atoms with Crippen molar-refractivity contribution in [2.24, 2.45) is 0 Å². The molecule has 2 N–H and O–H groups in total. The van der Waals surface area contributed by atoms with E-state index in [2.05, 4.69) is 81.8 Å². The minimum absolute atomic E-state index is 0.305. The molecule has 0 fully saturated rings. The fourth-order valence-corrected chi connectivity index (χ4v) is 3.11. The number of benzene rings is 2. The van der Waals surface area contributed by atoms with Crippen LogP contribution in [-0.2, 0) is 6.54 Å². The van der Waals surface area contributed by atoms with Crippen LogP contribution in [-0.4, -0.2) is 4.98 Å². The monoisotopic (exact) mass is 328 g/mol. The molecule has 0 bridgehead atoms. The van der Waals surface area contributed by atoms with Crippen molar-refractivity contribution in [3.63, 3.8) is 0 Å². The van der Waals surface area contributed by atoms with Crippen molar-refractivity contribution in [3.05, 3.63) is 70.3 Å². The molecule has 0 aliphatic heterocycles. The molecule has 3 heteroatoms. The highest BCUT2D eigenvalue weighted by atomic mass is 79.9. The summed E-state index contributed by atoms with van der Waals surface area (Å²) >= 11 is 3.61. The van der Waals surface area contributed by atoms with E-state index in [1.807, 2.05) is 6.07 Å². The molecule has 0 amide bonds. The Balaban J connectivity index is 1.75. The highest BCUT2D eigenvalue weighted by Gasteiger charge is 2.09. The van der Waals surface area contributed by atoms with E-state index < -0.39 is 0 Å². The molecule has 1 aromatic heterocycles. The summed E-state index contributed by atoms with van der Waals surface area (Å²) in [5.74, 6) is 0. The van der Waals surface area contributed by atoms with Crippen LogP contribution in [0.2, 0.25) is 0 Å². The third-order valence-corrected chi connectivity index (χ3v) is 4.37. The van der Waals surface area contributed by atoms with Crippen molar-refractivity contribution >= 4 is 26.8 Å². The van der Waals surface area contributed by atoms with Gasteiger partial charge in [-0.25, -0.2) is 0 Å². The quantitative estimate of drug-likeness (QED) is 0.708. The van der Waals surface area contributed by atoms with Crippen LogP contribution in [0.5, 0.6) is 0 Å². The van der Waals surface area contributed by atoms with E-state index in [1.165, 1.54) is 22.0 Å². The standard InChI is InChI=1S/C17H17BrN2/c1-12(14-6-2-4-8-16(14)18)19-10-13-11-20-17-9-5-3-7-15(13)17/h2-9,11-12,19-20H,10H2,1H3/t12-/m0/s1. The zero-order chi connectivity index (χ0) is 13.9. The normalized spacial score (nSPS) is 12.7. The Morgan fingerprint density at radius 1 is 1.10 bits per heavy atom. The Labute approximate surface area is 127 Å². The van der Waals surface area contributed by atoms with Crippen molar-refractivity contribution in [1.29, 1.82) is 0 Å². The lowest BCUT2D eigenvalue weighted by Crippen LogP contribution is -2.18. The number of aromatic amines is 1. The number of fused-ring (bicyclic) bond motifs is 1. The first-order valence-corrected chi connectivity index (χ1v) is 7.58. The fourth-order valence-electron chi connectivity index (χ4n) is 2.48. The topological polar surface area (TPSA) is 27.8 Å². The second-order valence-corrected chi connectivity index (χ2v) is 5.84. The van der Waals surface area contributed by atoms with Gasteiger partial charge in [-0.2, -0.15) is 0 Å². The van der Waals surface area contributed by atoms with Gasteiger partial charge in [0.05, 0.1) is 0 Å². The smallest absolute Gasteiger partial charge is 0.0457 e. The Kier molecular flexibility index (Phi) is 3.90. The van der Waals surface area contributed by atoms with Crippen LogP contribution < -0.4 is 5.32 Å². The number of nitrogens with one attached hydrogen (secondary N) is 2. The number of rotatable bonds is 4. The van der Waals surface area contributed by atoms with Crippen LogP contribution in [0.15, 0.2) is 59.2 Å². The van der Waals surface area contributed by atoms with Crippen LogP contribution in [0.1, 0.15) is 24.1 Å². The molecule has 0 saturated carbocycles. The van der Waals surface area contributed by atoms with Gasteiger partial charge in [-0.15, -0.1) is 0 Å². The molecule has 2 nitrogen and oxygen atoms in total. The predicted octanol–water partition coefficient (Wildman–Crippen LogP) is 4.78. The molecule has 20 heavy (non-hydrogen) atoms. The van der Waals surface area contributed by atoms with Crippen molar-refractivity contribution in [1.82, 2.24) is 10.3 Å². The third kappa shape index (κ3) is 2.65. The Morgan fingerprint density at radius 2 is 1.85 bits per heavy atom. The van der Waals surface area contributed by atoms with E-state index in [9.17, 15) is 0 Å². The summed E-state index contributed by atoms with van der Waals surface area (Å²) in [4.78, 5) is 3.31. The molecule has 0 radical (unpaired) electrons. The average molecular weight is 329 g/mol. The Bertz CT molecular complexity index is 718. The van der Waals surface area contributed by atoms with Crippen molar-refractivity contribution < 1.29 is 0 Å².